The molecule has 1 aromatic heterocycles. The van der Waals surface area contributed by atoms with Crippen LogP contribution in [0.5, 0.6) is 5.75 Å². The van der Waals surface area contributed by atoms with Crippen molar-refractivity contribution in [1.82, 2.24) is 15.2 Å². The Morgan fingerprint density at radius 2 is 1.96 bits per heavy atom. The Kier molecular flexibility index (Phi) is 5.91. The number of nitrogens with zero attached hydrogens (tertiary/aromatic N) is 2. The summed E-state index contributed by atoms with van der Waals surface area (Å²) in [5.41, 5.74) is 2.78. The number of hydrogen-bond acceptors (Lipinski definition) is 5. The highest BCUT2D eigenvalue weighted by Gasteiger charge is 2.12. The van der Waals surface area contributed by atoms with E-state index >= 15 is 0 Å². The van der Waals surface area contributed by atoms with Crippen molar-refractivity contribution in [3.8, 4) is 17.1 Å². The van der Waals surface area contributed by atoms with E-state index in [0.717, 1.165) is 22.6 Å². The number of amides is 1. The highest BCUT2D eigenvalue weighted by molar-refractivity contribution is 7.99. The second-order valence-electron chi connectivity index (χ2n) is 5.60. The van der Waals surface area contributed by atoms with E-state index in [9.17, 15) is 4.79 Å². The predicted octanol–water partition coefficient (Wildman–Crippen LogP) is 3.91. The molecule has 3 rings (SSSR count). The van der Waals surface area contributed by atoms with Crippen LogP contribution in [0, 0.1) is 6.92 Å². The van der Waals surface area contributed by atoms with Gasteiger partial charge in [-0.3, -0.25) is 9.89 Å². The van der Waals surface area contributed by atoms with Gasteiger partial charge in [-0.2, -0.15) is 0 Å². The van der Waals surface area contributed by atoms with Gasteiger partial charge in [-0.05, 0) is 38.1 Å². The van der Waals surface area contributed by atoms with Gasteiger partial charge in [-0.1, -0.05) is 41.6 Å². The average Bonchev–Trinajstić information content (AvgIpc) is 3.12. The number of rotatable bonds is 7. The summed E-state index contributed by atoms with van der Waals surface area (Å²) in [5, 5.41) is 10.5. The number of aromatic amines is 1. The van der Waals surface area contributed by atoms with Gasteiger partial charge >= 0.3 is 0 Å². The van der Waals surface area contributed by atoms with Crippen LogP contribution in [-0.2, 0) is 4.79 Å². The van der Waals surface area contributed by atoms with E-state index in [1.165, 1.54) is 11.8 Å². The van der Waals surface area contributed by atoms with E-state index in [1.54, 1.807) is 0 Å². The zero-order chi connectivity index (χ0) is 18.4. The van der Waals surface area contributed by atoms with E-state index in [-0.39, 0.29) is 11.7 Å². The van der Waals surface area contributed by atoms with Gasteiger partial charge in [0.2, 0.25) is 11.1 Å². The molecule has 3 aromatic rings. The van der Waals surface area contributed by atoms with Gasteiger partial charge < -0.3 is 10.1 Å². The smallest absolute Gasteiger partial charge is 0.234 e. The lowest BCUT2D eigenvalue weighted by atomic mass is 10.2. The van der Waals surface area contributed by atoms with E-state index < -0.39 is 0 Å². The minimum Gasteiger partial charge on any atom is -0.493 e. The molecule has 0 unspecified atom stereocenters. The summed E-state index contributed by atoms with van der Waals surface area (Å²) in [7, 11) is 0. The molecule has 0 radical (unpaired) electrons. The average molecular weight is 368 g/mol. The van der Waals surface area contributed by atoms with Gasteiger partial charge in [0.15, 0.2) is 5.82 Å². The molecule has 2 aromatic carbocycles. The van der Waals surface area contributed by atoms with Gasteiger partial charge in [-0.15, -0.1) is 5.10 Å². The summed E-state index contributed by atoms with van der Waals surface area (Å²) in [6, 6.07) is 15.3. The number of carbonyl (C=O) groups excluding carboxylic acids is 1. The van der Waals surface area contributed by atoms with Crippen LogP contribution in [-0.4, -0.2) is 33.4 Å². The molecule has 7 heteroatoms. The molecule has 0 aliphatic heterocycles. The maximum atomic E-state index is 12.1. The molecule has 26 heavy (non-hydrogen) atoms. The monoisotopic (exact) mass is 368 g/mol. The van der Waals surface area contributed by atoms with Crippen LogP contribution < -0.4 is 10.1 Å². The topological polar surface area (TPSA) is 79.9 Å². The van der Waals surface area contributed by atoms with Crippen LogP contribution >= 0.6 is 11.8 Å². The lowest BCUT2D eigenvalue weighted by Gasteiger charge is -2.06. The number of para-hydroxylation sites is 1. The number of aryl methyl sites for hydroxylation is 1. The Bertz CT molecular complexity index is 877. The molecule has 0 fully saturated rings. The Morgan fingerprint density at radius 3 is 2.73 bits per heavy atom. The predicted molar refractivity (Wildman–Crippen MR) is 104 cm³/mol. The standard InChI is InChI=1S/C19H20N4O2S/c1-3-25-16-7-5-4-6-15(16)18-21-19(23-22-18)26-12-17(24)20-14-10-8-13(2)9-11-14/h4-11H,3,12H2,1-2H3,(H,20,24)(H,21,22,23). The highest BCUT2D eigenvalue weighted by atomic mass is 32.2. The van der Waals surface area contributed by atoms with Crippen molar-refractivity contribution in [2.24, 2.45) is 0 Å². The molecule has 2 N–H and O–H groups in total. The summed E-state index contributed by atoms with van der Waals surface area (Å²) in [6.07, 6.45) is 0. The minimum absolute atomic E-state index is 0.0973. The van der Waals surface area contributed by atoms with Gasteiger partial charge in [0.25, 0.3) is 0 Å². The molecule has 134 valence electrons. The maximum Gasteiger partial charge on any atom is 0.234 e. The second-order valence-corrected chi connectivity index (χ2v) is 6.54. The molecule has 1 amide bonds. The van der Waals surface area contributed by atoms with E-state index in [2.05, 4.69) is 20.5 Å². The van der Waals surface area contributed by atoms with Crippen LogP contribution in [0.25, 0.3) is 11.4 Å². The number of thioether (sulfide) groups is 1. The maximum absolute atomic E-state index is 12.1. The molecular weight excluding hydrogens is 348 g/mol. The molecular formula is C19H20N4O2S. The fourth-order valence-corrected chi connectivity index (χ4v) is 2.94. The van der Waals surface area contributed by atoms with Crippen molar-refractivity contribution in [3.63, 3.8) is 0 Å². The van der Waals surface area contributed by atoms with Gasteiger partial charge in [-0.25, -0.2) is 4.98 Å². The SMILES string of the molecule is CCOc1ccccc1-c1nc(SCC(=O)Nc2ccc(C)cc2)n[nH]1. The molecule has 0 spiro atoms. The van der Waals surface area contributed by atoms with Gasteiger partial charge in [0.05, 0.1) is 17.9 Å². The molecule has 0 atom stereocenters. The number of aromatic nitrogens is 3. The lowest BCUT2D eigenvalue weighted by Crippen LogP contribution is -2.14. The van der Waals surface area contributed by atoms with Gasteiger partial charge in [0.1, 0.15) is 5.75 Å². The fraction of sp³-hybridized carbons (Fsp3) is 0.211. The largest absolute Gasteiger partial charge is 0.493 e. The first kappa shape index (κ1) is 18.0. The van der Waals surface area contributed by atoms with Gasteiger partial charge in [0, 0.05) is 5.69 Å². The number of nitrogens with one attached hydrogen (secondary N) is 2. The summed E-state index contributed by atoms with van der Waals surface area (Å²) in [6.45, 7) is 4.52. The molecule has 0 bridgehead atoms. The van der Waals surface area contributed by atoms with Crippen LogP contribution in [0.4, 0.5) is 5.69 Å². The van der Waals surface area contributed by atoms with Crippen molar-refractivity contribution < 1.29 is 9.53 Å². The number of benzene rings is 2. The normalized spacial score (nSPS) is 10.5. The van der Waals surface area contributed by atoms with Crippen LogP contribution in [0.2, 0.25) is 0 Å². The Labute approximate surface area is 156 Å². The summed E-state index contributed by atoms with van der Waals surface area (Å²) in [5.74, 6) is 1.51. The number of ether oxygens (including phenoxy) is 1. The number of H-pyrrole nitrogens is 1. The number of anilines is 1. The third-order valence-corrected chi connectivity index (χ3v) is 4.42. The molecule has 0 saturated heterocycles. The number of hydrogen-bond donors (Lipinski definition) is 2. The first-order valence-corrected chi connectivity index (χ1v) is 9.28. The minimum atomic E-state index is -0.0973. The zero-order valence-corrected chi connectivity index (χ0v) is 15.5. The Balaban J connectivity index is 1.60. The quantitative estimate of drug-likeness (QED) is 0.618. The van der Waals surface area contributed by atoms with Crippen molar-refractivity contribution in [1.29, 1.82) is 0 Å². The van der Waals surface area contributed by atoms with E-state index in [0.29, 0.717) is 17.6 Å². The first-order valence-electron chi connectivity index (χ1n) is 8.29. The lowest BCUT2D eigenvalue weighted by molar-refractivity contribution is -0.113. The summed E-state index contributed by atoms with van der Waals surface area (Å²) < 4.78 is 5.61. The second kappa shape index (κ2) is 8.53. The molecule has 6 nitrogen and oxygen atoms in total. The Hall–Kier alpha value is -2.80. The van der Waals surface area contributed by atoms with Crippen molar-refractivity contribution in [2.45, 2.75) is 19.0 Å². The van der Waals surface area contributed by atoms with E-state index in [1.807, 2.05) is 62.4 Å². The van der Waals surface area contributed by atoms with Crippen molar-refractivity contribution in [3.05, 3.63) is 54.1 Å². The fourth-order valence-electron chi connectivity index (χ4n) is 2.34. The summed E-state index contributed by atoms with van der Waals surface area (Å²) >= 11 is 1.28. The van der Waals surface area contributed by atoms with Crippen LogP contribution in [0.15, 0.2) is 53.7 Å². The molecule has 0 aliphatic carbocycles. The molecule has 0 aliphatic rings. The molecule has 1 heterocycles. The van der Waals surface area contributed by atoms with Crippen molar-refractivity contribution in [2.75, 3.05) is 17.7 Å². The third kappa shape index (κ3) is 4.64. The van der Waals surface area contributed by atoms with Crippen LogP contribution in [0.3, 0.4) is 0 Å². The zero-order valence-electron chi connectivity index (χ0n) is 14.7. The Morgan fingerprint density at radius 1 is 1.19 bits per heavy atom. The summed E-state index contributed by atoms with van der Waals surface area (Å²) in [4.78, 5) is 16.5. The first-order chi connectivity index (χ1) is 12.7. The highest BCUT2D eigenvalue weighted by Crippen LogP contribution is 2.28. The number of carbonyl (C=O) groups is 1. The molecule has 0 saturated carbocycles. The van der Waals surface area contributed by atoms with Crippen molar-refractivity contribution >= 4 is 23.4 Å². The third-order valence-electron chi connectivity index (χ3n) is 3.57. The van der Waals surface area contributed by atoms with E-state index in [4.69, 9.17) is 4.74 Å². The van der Waals surface area contributed by atoms with Crippen LogP contribution in [0.1, 0.15) is 12.5 Å².